The minimum atomic E-state index is 0.998. The molecule has 0 spiro atoms. The predicted octanol–water partition coefficient (Wildman–Crippen LogP) is 3.02. The average molecular weight is 165 g/mol. The van der Waals surface area contributed by atoms with Crippen LogP contribution >= 0.6 is 0 Å². The summed E-state index contributed by atoms with van der Waals surface area (Å²) in [4.78, 5) is 0. The molecule has 68 valence electrons. The smallest absolute Gasteiger partial charge is 0.00276 e. The first kappa shape index (κ1) is 11.0. The first-order valence-electron chi connectivity index (χ1n) is 4.39. The first-order chi connectivity index (χ1) is 5.74. The summed E-state index contributed by atoms with van der Waals surface area (Å²) in [5, 5.41) is 3.02. The second-order valence-electron chi connectivity index (χ2n) is 2.85. The zero-order valence-electron chi connectivity index (χ0n) is 8.35. The van der Waals surface area contributed by atoms with Crippen LogP contribution in [0.3, 0.4) is 0 Å². The lowest BCUT2D eigenvalue weighted by Crippen LogP contribution is -1.95. The number of hydrogen-bond acceptors (Lipinski definition) is 1. The van der Waals surface area contributed by atoms with Gasteiger partial charge in [0, 0.05) is 7.05 Å². The van der Waals surface area contributed by atoms with Crippen molar-refractivity contribution in [3.8, 4) is 0 Å². The van der Waals surface area contributed by atoms with Crippen molar-refractivity contribution < 1.29 is 0 Å². The fourth-order valence-corrected chi connectivity index (χ4v) is 1.11. The van der Waals surface area contributed by atoms with Gasteiger partial charge < -0.3 is 5.32 Å². The van der Waals surface area contributed by atoms with E-state index >= 15 is 0 Å². The van der Waals surface area contributed by atoms with Crippen LogP contribution in [0.2, 0.25) is 0 Å². The summed E-state index contributed by atoms with van der Waals surface area (Å²) in [6.45, 7) is 8.03. The third-order valence-electron chi connectivity index (χ3n) is 1.60. The van der Waals surface area contributed by atoms with Crippen molar-refractivity contribution in [1.29, 1.82) is 0 Å². The van der Waals surface area contributed by atoms with Gasteiger partial charge in [0.2, 0.25) is 0 Å². The quantitative estimate of drug-likeness (QED) is 0.617. The van der Waals surface area contributed by atoms with Gasteiger partial charge in [-0.25, -0.2) is 0 Å². The summed E-state index contributed by atoms with van der Waals surface area (Å²) in [5.74, 6) is 0. The number of nitrogens with one attached hydrogen (secondary N) is 1. The van der Waals surface area contributed by atoms with E-state index in [1.807, 2.05) is 19.3 Å². The molecule has 0 unspecified atom stereocenters. The Kier molecular flexibility index (Phi) is 6.16. The Morgan fingerprint density at radius 3 is 2.58 bits per heavy atom. The lowest BCUT2D eigenvalue weighted by Gasteiger charge is -2.02. The Balaban J connectivity index is 4.11. The van der Waals surface area contributed by atoms with Crippen molar-refractivity contribution in [2.75, 3.05) is 7.05 Å². The lowest BCUT2D eigenvalue weighted by atomic mass is 10.1. The van der Waals surface area contributed by atoms with Gasteiger partial charge in [0.05, 0.1) is 0 Å². The van der Waals surface area contributed by atoms with Gasteiger partial charge in [0.15, 0.2) is 0 Å². The molecule has 0 aliphatic carbocycles. The standard InChI is InChI=1S/C11H19N/c1-5-7-11(6-2)8-10(3)9-12-4/h6-7,9,12H,2,5,8H2,1,3-4H3/b10-9-,11-7+. The molecule has 0 aromatic heterocycles. The van der Waals surface area contributed by atoms with E-state index in [2.05, 4.69) is 31.8 Å². The molecule has 1 N–H and O–H groups in total. The molecule has 0 aliphatic heterocycles. The summed E-state index contributed by atoms with van der Waals surface area (Å²) in [6.07, 6.45) is 8.23. The molecular weight excluding hydrogens is 146 g/mol. The fourth-order valence-electron chi connectivity index (χ4n) is 1.11. The van der Waals surface area contributed by atoms with Gasteiger partial charge in [-0.3, -0.25) is 0 Å². The zero-order valence-corrected chi connectivity index (χ0v) is 8.35. The van der Waals surface area contributed by atoms with E-state index in [4.69, 9.17) is 0 Å². The predicted molar refractivity (Wildman–Crippen MR) is 56.0 cm³/mol. The molecular formula is C11H19N. The van der Waals surface area contributed by atoms with Gasteiger partial charge in [0.25, 0.3) is 0 Å². The maximum Gasteiger partial charge on any atom is 0.00276 e. The Morgan fingerprint density at radius 2 is 2.17 bits per heavy atom. The summed E-state index contributed by atoms with van der Waals surface area (Å²) in [6, 6.07) is 0. The second-order valence-corrected chi connectivity index (χ2v) is 2.85. The lowest BCUT2D eigenvalue weighted by molar-refractivity contribution is 1.02. The van der Waals surface area contributed by atoms with Crippen LogP contribution in [0.25, 0.3) is 0 Å². The molecule has 0 saturated carbocycles. The van der Waals surface area contributed by atoms with E-state index in [0.717, 1.165) is 12.8 Å². The van der Waals surface area contributed by atoms with Crippen LogP contribution in [0.15, 0.2) is 36.1 Å². The van der Waals surface area contributed by atoms with Crippen molar-refractivity contribution in [2.24, 2.45) is 0 Å². The summed E-state index contributed by atoms with van der Waals surface area (Å²) < 4.78 is 0. The second kappa shape index (κ2) is 6.71. The van der Waals surface area contributed by atoms with E-state index in [0.29, 0.717) is 0 Å². The topological polar surface area (TPSA) is 12.0 Å². The SMILES string of the molecule is C=C/C(=C\CC)C/C(C)=C\NC. The van der Waals surface area contributed by atoms with E-state index in [9.17, 15) is 0 Å². The van der Waals surface area contributed by atoms with Crippen LogP contribution in [-0.4, -0.2) is 7.05 Å². The molecule has 1 heteroatoms. The van der Waals surface area contributed by atoms with E-state index in [1.165, 1.54) is 11.1 Å². The molecule has 0 atom stereocenters. The molecule has 0 bridgehead atoms. The Bertz CT molecular complexity index is 187. The van der Waals surface area contributed by atoms with Crippen LogP contribution in [0.4, 0.5) is 0 Å². The number of rotatable bonds is 5. The molecule has 0 heterocycles. The zero-order chi connectivity index (χ0) is 9.40. The van der Waals surface area contributed by atoms with Gasteiger partial charge in [-0.2, -0.15) is 0 Å². The normalized spacial score (nSPS) is 12.9. The molecule has 0 amide bonds. The molecule has 0 aliphatic rings. The van der Waals surface area contributed by atoms with Crippen LogP contribution in [0.1, 0.15) is 26.7 Å². The summed E-state index contributed by atoms with van der Waals surface area (Å²) in [5.41, 5.74) is 2.64. The van der Waals surface area contributed by atoms with Crippen LogP contribution in [0, 0.1) is 0 Å². The highest BCUT2D eigenvalue weighted by Crippen LogP contribution is 2.11. The largest absolute Gasteiger partial charge is 0.394 e. The highest BCUT2D eigenvalue weighted by molar-refractivity contribution is 5.22. The maximum atomic E-state index is 3.78. The monoisotopic (exact) mass is 165 g/mol. The number of hydrogen-bond donors (Lipinski definition) is 1. The molecule has 12 heavy (non-hydrogen) atoms. The van der Waals surface area contributed by atoms with E-state index < -0.39 is 0 Å². The van der Waals surface area contributed by atoms with Gasteiger partial charge in [-0.1, -0.05) is 31.2 Å². The third-order valence-corrected chi connectivity index (χ3v) is 1.60. The van der Waals surface area contributed by atoms with Crippen LogP contribution in [-0.2, 0) is 0 Å². The molecule has 0 rings (SSSR count). The third kappa shape index (κ3) is 4.78. The van der Waals surface area contributed by atoms with Crippen LogP contribution in [0.5, 0.6) is 0 Å². The molecule has 0 saturated heterocycles. The van der Waals surface area contributed by atoms with Crippen molar-refractivity contribution in [1.82, 2.24) is 5.32 Å². The molecule has 0 radical (unpaired) electrons. The van der Waals surface area contributed by atoms with Crippen molar-refractivity contribution in [3.63, 3.8) is 0 Å². The summed E-state index contributed by atoms with van der Waals surface area (Å²) in [7, 11) is 1.92. The van der Waals surface area contributed by atoms with Gasteiger partial charge in [-0.15, -0.1) is 0 Å². The minimum absolute atomic E-state index is 0.998. The van der Waals surface area contributed by atoms with Gasteiger partial charge in [-0.05, 0) is 31.5 Å². The molecule has 0 aromatic rings. The fraction of sp³-hybridized carbons (Fsp3) is 0.455. The highest BCUT2D eigenvalue weighted by atomic mass is 14.8. The first-order valence-corrected chi connectivity index (χ1v) is 4.39. The van der Waals surface area contributed by atoms with E-state index in [-0.39, 0.29) is 0 Å². The maximum absolute atomic E-state index is 3.78. The minimum Gasteiger partial charge on any atom is -0.394 e. The Hall–Kier alpha value is -0.980. The summed E-state index contributed by atoms with van der Waals surface area (Å²) >= 11 is 0. The van der Waals surface area contributed by atoms with Gasteiger partial charge in [0.1, 0.15) is 0 Å². The highest BCUT2D eigenvalue weighted by Gasteiger charge is 1.92. The van der Waals surface area contributed by atoms with Crippen molar-refractivity contribution in [3.05, 3.63) is 36.1 Å². The Morgan fingerprint density at radius 1 is 1.50 bits per heavy atom. The molecule has 0 fully saturated rings. The van der Waals surface area contributed by atoms with Crippen LogP contribution < -0.4 is 5.32 Å². The van der Waals surface area contributed by atoms with Crippen molar-refractivity contribution in [2.45, 2.75) is 26.7 Å². The van der Waals surface area contributed by atoms with Gasteiger partial charge >= 0.3 is 0 Å². The van der Waals surface area contributed by atoms with Crippen molar-refractivity contribution >= 4 is 0 Å². The van der Waals surface area contributed by atoms with E-state index in [1.54, 1.807) is 0 Å². The Labute approximate surface area is 75.9 Å². The number of allylic oxidation sites excluding steroid dienone is 4. The average Bonchev–Trinajstić information content (AvgIpc) is 2.04. The molecule has 0 aromatic carbocycles. The molecule has 1 nitrogen and oxygen atoms in total.